The summed E-state index contributed by atoms with van der Waals surface area (Å²) in [7, 11) is 0. The van der Waals surface area contributed by atoms with E-state index in [9.17, 15) is 4.79 Å². The van der Waals surface area contributed by atoms with Gasteiger partial charge in [-0.05, 0) is 31.9 Å². The zero-order valence-electron chi connectivity index (χ0n) is 13.4. The van der Waals surface area contributed by atoms with Gasteiger partial charge in [0.2, 0.25) is 0 Å². The number of rotatable bonds is 3. The molecule has 0 radical (unpaired) electrons. The van der Waals surface area contributed by atoms with E-state index in [2.05, 4.69) is 25.2 Å². The molecule has 24 heavy (non-hydrogen) atoms. The minimum absolute atomic E-state index is 0.269. The van der Waals surface area contributed by atoms with Gasteiger partial charge in [-0.15, -0.1) is 0 Å². The lowest BCUT2D eigenvalue weighted by Gasteiger charge is -2.33. The fraction of sp³-hybridized carbons (Fsp3) is 0.375. The number of nitrogens with one attached hydrogen (secondary N) is 1. The van der Waals surface area contributed by atoms with Crippen molar-refractivity contribution in [2.45, 2.75) is 25.7 Å². The molecule has 0 saturated carbocycles. The zero-order valence-corrected chi connectivity index (χ0v) is 13.4. The Morgan fingerprint density at radius 1 is 1.42 bits per heavy atom. The summed E-state index contributed by atoms with van der Waals surface area (Å²) in [6.07, 6.45) is 5.73. The Morgan fingerprint density at radius 3 is 3.08 bits per heavy atom. The van der Waals surface area contributed by atoms with Gasteiger partial charge in [-0.1, -0.05) is 0 Å². The molecule has 1 aliphatic heterocycles. The Labute approximate surface area is 138 Å². The number of amides is 1. The maximum Gasteiger partial charge on any atom is 0.269 e. The molecule has 4 heterocycles. The summed E-state index contributed by atoms with van der Waals surface area (Å²) in [5.41, 5.74) is 8.51. The molecular formula is C16H19N7O. The third-order valence-corrected chi connectivity index (χ3v) is 4.50. The van der Waals surface area contributed by atoms with E-state index < -0.39 is 5.91 Å². The van der Waals surface area contributed by atoms with Crippen LogP contribution in [0.5, 0.6) is 0 Å². The van der Waals surface area contributed by atoms with E-state index in [4.69, 9.17) is 5.73 Å². The number of carbonyl (C=O) groups is 1. The lowest BCUT2D eigenvalue weighted by molar-refractivity contribution is 0.0995. The highest BCUT2D eigenvalue weighted by atomic mass is 16.1. The standard InChI is InChI=1S/C16H19N7O/c1-10-7-14-16(18-4-6-23(14)21-10)22-5-2-3-11(9-22)12-8-13(15(17)24)20-19-12/h4,6-8,11H,2-3,5,9H2,1H3,(H2,17,24)(H,19,20). The van der Waals surface area contributed by atoms with Gasteiger partial charge in [-0.2, -0.15) is 10.2 Å². The van der Waals surface area contributed by atoms with Gasteiger partial charge in [-0.3, -0.25) is 9.89 Å². The topological polar surface area (TPSA) is 105 Å². The molecule has 0 spiro atoms. The summed E-state index contributed by atoms with van der Waals surface area (Å²) in [6.45, 7) is 3.74. The summed E-state index contributed by atoms with van der Waals surface area (Å²) in [5.74, 6) is 0.703. The van der Waals surface area contributed by atoms with Crippen molar-refractivity contribution < 1.29 is 4.79 Å². The lowest BCUT2D eigenvalue weighted by Crippen LogP contribution is -2.35. The van der Waals surface area contributed by atoms with Crippen LogP contribution >= 0.6 is 0 Å². The van der Waals surface area contributed by atoms with Crippen LogP contribution in [0.1, 0.15) is 40.6 Å². The SMILES string of the molecule is Cc1cc2c(N3CCCC(c4cc(C(N)=O)n[nH]4)C3)nccn2n1. The summed E-state index contributed by atoms with van der Waals surface area (Å²) >= 11 is 0. The van der Waals surface area contributed by atoms with Crippen LogP contribution in [0.2, 0.25) is 0 Å². The van der Waals surface area contributed by atoms with Gasteiger partial charge in [0.15, 0.2) is 5.82 Å². The zero-order chi connectivity index (χ0) is 16.7. The molecule has 1 saturated heterocycles. The summed E-state index contributed by atoms with van der Waals surface area (Å²) in [5, 5.41) is 11.4. The number of anilines is 1. The number of primary amides is 1. The Hall–Kier alpha value is -2.90. The van der Waals surface area contributed by atoms with Gasteiger partial charge in [-0.25, -0.2) is 9.50 Å². The third kappa shape index (κ3) is 2.49. The first-order valence-electron chi connectivity index (χ1n) is 8.03. The van der Waals surface area contributed by atoms with Crippen LogP contribution in [0.15, 0.2) is 24.5 Å². The van der Waals surface area contributed by atoms with Crippen molar-refractivity contribution in [2.75, 3.05) is 18.0 Å². The van der Waals surface area contributed by atoms with Crippen molar-refractivity contribution in [3.05, 3.63) is 41.6 Å². The highest BCUT2D eigenvalue weighted by Crippen LogP contribution is 2.30. The number of H-pyrrole nitrogens is 1. The second-order valence-corrected chi connectivity index (χ2v) is 6.22. The van der Waals surface area contributed by atoms with E-state index in [0.29, 0.717) is 0 Å². The van der Waals surface area contributed by atoms with Crippen LogP contribution in [-0.4, -0.2) is 43.8 Å². The van der Waals surface area contributed by atoms with Crippen molar-refractivity contribution in [1.29, 1.82) is 0 Å². The molecule has 3 aromatic heterocycles. The van der Waals surface area contributed by atoms with E-state index in [-0.39, 0.29) is 11.6 Å². The first-order valence-corrected chi connectivity index (χ1v) is 8.03. The van der Waals surface area contributed by atoms with E-state index in [1.165, 1.54) is 0 Å². The Kier molecular flexibility index (Phi) is 3.44. The number of piperidine rings is 1. The van der Waals surface area contributed by atoms with Crippen LogP contribution in [0, 0.1) is 6.92 Å². The third-order valence-electron chi connectivity index (χ3n) is 4.50. The predicted molar refractivity (Wildman–Crippen MR) is 89.0 cm³/mol. The minimum Gasteiger partial charge on any atom is -0.364 e. The summed E-state index contributed by atoms with van der Waals surface area (Å²) in [6, 6.07) is 3.81. The van der Waals surface area contributed by atoms with E-state index in [1.54, 1.807) is 12.3 Å². The van der Waals surface area contributed by atoms with E-state index >= 15 is 0 Å². The fourth-order valence-electron chi connectivity index (χ4n) is 3.37. The van der Waals surface area contributed by atoms with Crippen LogP contribution < -0.4 is 10.6 Å². The molecule has 4 rings (SSSR count). The maximum absolute atomic E-state index is 11.2. The molecule has 3 N–H and O–H groups in total. The van der Waals surface area contributed by atoms with Gasteiger partial charge in [0.05, 0.1) is 5.69 Å². The average Bonchev–Trinajstić information content (AvgIpc) is 3.20. The number of hydrogen-bond donors (Lipinski definition) is 2. The van der Waals surface area contributed by atoms with Crippen molar-refractivity contribution in [1.82, 2.24) is 24.8 Å². The maximum atomic E-state index is 11.2. The number of fused-ring (bicyclic) bond motifs is 1. The molecule has 0 bridgehead atoms. The van der Waals surface area contributed by atoms with Gasteiger partial charge in [0.25, 0.3) is 5.91 Å². The molecule has 1 atom stereocenters. The van der Waals surface area contributed by atoms with Gasteiger partial charge in [0, 0.05) is 37.1 Å². The molecule has 0 aromatic carbocycles. The number of hydrogen-bond acceptors (Lipinski definition) is 5. The second-order valence-electron chi connectivity index (χ2n) is 6.22. The first-order chi connectivity index (χ1) is 11.6. The number of aromatic nitrogens is 5. The Bertz CT molecular complexity index is 897. The number of aryl methyl sites for hydroxylation is 1. The summed E-state index contributed by atoms with van der Waals surface area (Å²) in [4.78, 5) is 18.1. The predicted octanol–water partition coefficient (Wildman–Crippen LogP) is 1.24. The molecule has 1 aliphatic rings. The molecular weight excluding hydrogens is 306 g/mol. The highest BCUT2D eigenvalue weighted by Gasteiger charge is 2.25. The Morgan fingerprint density at radius 2 is 2.29 bits per heavy atom. The fourth-order valence-corrected chi connectivity index (χ4v) is 3.37. The van der Waals surface area contributed by atoms with Crippen LogP contribution in [-0.2, 0) is 0 Å². The van der Waals surface area contributed by atoms with E-state index in [0.717, 1.165) is 48.7 Å². The lowest BCUT2D eigenvalue weighted by atomic mass is 9.94. The normalized spacial score (nSPS) is 18.2. The number of nitrogens with zero attached hydrogens (tertiary/aromatic N) is 5. The number of aromatic amines is 1. The Balaban J connectivity index is 1.63. The molecule has 1 amide bonds. The summed E-state index contributed by atoms with van der Waals surface area (Å²) < 4.78 is 1.86. The monoisotopic (exact) mass is 325 g/mol. The van der Waals surface area contributed by atoms with Crippen LogP contribution in [0.3, 0.4) is 0 Å². The molecule has 8 heteroatoms. The molecule has 1 unspecified atom stereocenters. The van der Waals surface area contributed by atoms with E-state index in [1.807, 2.05) is 23.7 Å². The molecule has 1 fully saturated rings. The van der Waals surface area contributed by atoms with Gasteiger partial charge < -0.3 is 10.6 Å². The molecule has 8 nitrogen and oxygen atoms in total. The smallest absolute Gasteiger partial charge is 0.269 e. The minimum atomic E-state index is -0.508. The van der Waals surface area contributed by atoms with Crippen molar-refractivity contribution in [3.63, 3.8) is 0 Å². The molecule has 3 aromatic rings. The molecule has 124 valence electrons. The second kappa shape index (κ2) is 5.63. The number of nitrogens with two attached hydrogens (primary N) is 1. The quantitative estimate of drug-likeness (QED) is 0.754. The highest BCUT2D eigenvalue weighted by molar-refractivity contribution is 5.90. The van der Waals surface area contributed by atoms with Crippen molar-refractivity contribution in [3.8, 4) is 0 Å². The van der Waals surface area contributed by atoms with Crippen molar-refractivity contribution >= 4 is 17.2 Å². The van der Waals surface area contributed by atoms with Crippen LogP contribution in [0.25, 0.3) is 5.52 Å². The van der Waals surface area contributed by atoms with Crippen LogP contribution in [0.4, 0.5) is 5.82 Å². The molecule has 0 aliphatic carbocycles. The van der Waals surface area contributed by atoms with Crippen molar-refractivity contribution in [2.24, 2.45) is 5.73 Å². The van der Waals surface area contributed by atoms with Gasteiger partial charge >= 0.3 is 0 Å². The largest absolute Gasteiger partial charge is 0.364 e. The number of carbonyl (C=O) groups excluding carboxylic acids is 1. The average molecular weight is 325 g/mol. The first kappa shape index (κ1) is 14.7. The van der Waals surface area contributed by atoms with Gasteiger partial charge in [0.1, 0.15) is 11.2 Å².